The van der Waals surface area contributed by atoms with Crippen LogP contribution < -0.4 is 10.6 Å². The predicted molar refractivity (Wildman–Crippen MR) is 65.2 cm³/mol. The fourth-order valence-electron chi connectivity index (χ4n) is 2.78. The Hall–Kier alpha value is -0.870. The van der Waals surface area contributed by atoms with Crippen molar-refractivity contribution in [1.82, 2.24) is 15.5 Å². The summed E-state index contributed by atoms with van der Waals surface area (Å²) in [5, 5.41) is 6.23. The molecule has 0 aliphatic carbocycles. The molecule has 0 aromatic carbocycles. The van der Waals surface area contributed by atoms with Gasteiger partial charge in [0, 0.05) is 32.7 Å². The highest BCUT2D eigenvalue weighted by Crippen LogP contribution is 2.28. The van der Waals surface area contributed by atoms with E-state index in [1.807, 2.05) is 4.90 Å². The summed E-state index contributed by atoms with van der Waals surface area (Å²) in [5.41, 5.74) is -0.189. The van der Waals surface area contributed by atoms with Gasteiger partial charge in [0.15, 0.2) is 6.29 Å². The highest BCUT2D eigenvalue weighted by atomic mass is 15.4. The fraction of sp³-hybridized carbons (Fsp3) is 0.750. The van der Waals surface area contributed by atoms with Gasteiger partial charge in [0.25, 0.3) is 0 Å². The molecule has 3 atom stereocenters. The summed E-state index contributed by atoms with van der Waals surface area (Å²) in [6.07, 6.45) is 0.538. The summed E-state index contributed by atoms with van der Waals surface area (Å²) in [6.45, 7) is -1.30. The summed E-state index contributed by atoms with van der Waals surface area (Å²) < 4.78 is 45.2. The van der Waals surface area contributed by atoms with Crippen molar-refractivity contribution in [3.63, 3.8) is 0 Å². The van der Waals surface area contributed by atoms with E-state index in [0.717, 1.165) is 32.3 Å². The van der Waals surface area contributed by atoms with Gasteiger partial charge in [0.05, 0.1) is 0 Å². The molecular formula is C12H20N4. The maximum Gasteiger partial charge on any atom is 0.176 e. The van der Waals surface area contributed by atoms with E-state index in [0.29, 0.717) is 11.8 Å². The molecule has 2 fully saturated rings. The van der Waals surface area contributed by atoms with E-state index >= 15 is 0 Å². The molecule has 4 heteroatoms. The Labute approximate surface area is 105 Å². The van der Waals surface area contributed by atoms with Crippen molar-refractivity contribution < 1.29 is 8.22 Å². The van der Waals surface area contributed by atoms with E-state index in [2.05, 4.69) is 15.6 Å². The first-order valence-corrected chi connectivity index (χ1v) is 5.66. The highest BCUT2D eigenvalue weighted by molar-refractivity contribution is 5.93. The van der Waals surface area contributed by atoms with Crippen LogP contribution in [0.25, 0.3) is 0 Å². The van der Waals surface area contributed by atoms with Crippen LogP contribution in [0.2, 0.25) is 0 Å². The van der Waals surface area contributed by atoms with Crippen molar-refractivity contribution in [1.29, 1.82) is 0 Å². The second kappa shape index (κ2) is 3.86. The van der Waals surface area contributed by atoms with Crippen LogP contribution in [0.5, 0.6) is 0 Å². The third-order valence-electron chi connectivity index (χ3n) is 3.59. The normalized spacial score (nSPS) is 46.1. The number of nitrogens with zero attached hydrogens (tertiary/aromatic N) is 2. The number of rotatable bonds is 1. The monoisotopic (exact) mass is 226 g/mol. The van der Waals surface area contributed by atoms with Gasteiger partial charge in [-0.25, -0.2) is 0 Å². The van der Waals surface area contributed by atoms with Crippen molar-refractivity contribution in [3.8, 4) is 0 Å². The number of allylic oxidation sites excluding steroid dienone is 2. The Bertz CT molecular complexity index is 497. The molecule has 0 bridgehead atoms. The van der Waals surface area contributed by atoms with E-state index in [4.69, 9.17) is 8.22 Å². The van der Waals surface area contributed by atoms with Gasteiger partial charge >= 0.3 is 0 Å². The van der Waals surface area contributed by atoms with Crippen LogP contribution in [0.4, 0.5) is 0 Å². The first-order valence-electron chi connectivity index (χ1n) is 8.66. The van der Waals surface area contributed by atoms with Gasteiger partial charge in [-0.3, -0.25) is 9.89 Å². The van der Waals surface area contributed by atoms with Crippen LogP contribution in [0.15, 0.2) is 16.8 Å². The Morgan fingerprint density at radius 1 is 1.38 bits per heavy atom. The lowest BCUT2D eigenvalue weighted by atomic mass is 10.0. The zero-order chi connectivity index (χ0) is 16.1. The molecule has 3 heterocycles. The second-order valence-corrected chi connectivity index (χ2v) is 4.72. The maximum atomic E-state index is 7.54. The molecule has 3 unspecified atom stereocenters. The molecule has 2 N–H and O–H groups in total. The number of fused-ring (bicyclic) bond motifs is 1. The Morgan fingerprint density at radius 3 is 2.88 bits per heavy atom. The SMILES string of the molecule is [2H]C([2H])([2H])C1=CC(C([2H])([2H])[2H])=NC(N2CC3CNCC3C2)N1. The summed E-state index contributed by atoms with van der Waals surface area (Å²) >= 11 is 0. The Kier molecular flexibility index (Phi) is 1.36. The molecule has 4 nitrogen and oxygen atoms in total. The predicted octanol–water partition coefficient (Wildman–Crippen LogP) is 0.389. The molecule has 16 heavy (non-hydrogen) atoms. The lowest BCUT2D eigenvalue weighted by Crippen LogP contribution is -2.45. The van der Waals surface area contributed by atoms with Crippen molar-refractivity contribution >= 4 is 5.71 Å². The largest absolute Gasteiger partial charge is 0.355 e. The van der Waals surface area contributed by atoms with Gasteiger partial charge in [-0.2, -0.15) is 0 Å². The Morgan fingerprint density at radius 2 is 2.19 bits per heavy atom. The van der Waals surface area contributed by atoms with Crippen molar-refractivity contribution in [2.75, 3.05) is 26.2 Å². The summed E-state index contributed by atoms with van der Waals surface area (Å²) in [7, 11) is 0. The first kappa shape index (κ1) is 5.65. The third-order valence-corrected chi connectivity index (χ3v) is 3.59. The molecule has 0 aromatic heterocycles. The highest BCUT2D eigenvalue weighted by Gasteiger charge is 2.39. The van der Waals surface area contributed by atoms with Crippen LogP contribution in [0.3, 0.4) is 0 Å². The number of hydrogen-bond acceptors (Lipinski definition) is 4. The fourth-order valence-corrected chi connectivity index (χ4v) is 2.78. The van der Waals surface area contributed by atoms with E-state index in [-0.39, 0.29) is 11.4 Å². The summed E-state index contributed by atoms with van der Waals surface area (Å²) in [4.78, 5) is 6.29. The average molecular weight is 226 g/mol. The van der Waals surface area contributed by atoms with Crippen molar-refractivity contribution in [2.45, 2.75) is 20.0 Å². The van der Waals surface area contributed by atoms with E-state index in [1.165, 1.54) is 0 Å². The van der Waals surface area contributed by atoms with Gasteiger partial charge in [0.2, 0.25) is 0 Å². The molecule has 0 aromatic rings. The van der Waals surface area contributed by atoms with E-state index in [9.17, 15) is 0 Å². The van der Waals surface area contributed by atoms with Crippen LogP contribution >= 0.6 is 0 Å². The summed E-state index contributed by atoms with van der Waals surface area (Å²) in [6, 6.07) is 0. The molecule has 0 saturated carbocycles. The molecule has 0 amide bonds. The van der Waals surface area contributed by atoms with Crippen molar-refractivity contribution in [2.24, 2.45) is 16.8 Å². The lowest BCUT2D eigenvalue weighted by molar-refractivity contribution is 0.207. The second-order valence-electron chi connectivity index (χ2n) is 4.72. The minimum absolute atomic E-state index is 0.0474. The molecule has 3 aliphatic rings. The van der Waals surface area contributed by atoms with E-state index in [1.54, 1.807) is 0 Å². The molecule has 0 spiro atoms. The molecule has 2 saturated heterocycles. The minimum atomic E-state index is -2.41. The van der Waals surface area contributed by atoms with E-state index < -0.39 is 20.0 Å². The van der Waals surface area contributed by atoms with Crippen LogP contribution in [-0.4, -0.2) is 43.1 Å². The van der Waals surface area contributed by atoms with Crippen LogP contribution in [0, 0.1) is 11.8 Å². The zero-order valence-electron chi connectivity index (χ0n) is 15.0. The molecular weight excluding hydrogens is 200 g/mol. The van der Waals surface area contributed by atoms with Gasteiger partial charge in [-0.1, -0.05) is 0 Å². The molecule has 88 valence electrons. The zero-order valence-corrected chi connectivity index (χ0v) is 9.03. The van der Waals surface area contributed by atoms with Crippen LogP contribution in [0.1, 0.15) is 21.9 Å². The van der Waals surface area contributed by atoms with Crippen molar-refractivity contribution in [3.05, 3.63) is 11.8 Å². The molecule has 3 rings (SSSR count). The van der Waals surface area contributed by atoms with Crippen LogP contribution in [-0.2, 0) is 0 Å². The van der Waals surface area contributed by atoms with Gasteiger partial charge in [-0.05, 0) is 44.7 Å². The Balaban J connectivity index is 1.83. The maximum absolute atomic E-state index is 7.54. The average Bonchev–Trinajstić information content (AvgIpc) is 2.96. The number of likely N-dealkylation sites (tertiary alicyclic amines) is 1. The molecule has 3 aliphatic heterocycles. The quantitative estimate of drug-likeness (QED) is 0.679. The topological polar surface area (TPSA) is 39.7 Å². The number of aliphatic imine (C=N–C) groups is 1. The third kappa shape index (κ3) is 1.76. The standard InChI is InChI=1S/C12H20N4/c1-8-3-9(2)15-12(14-8)16-6-10-4-13-5-11(10)7-16/h3,10-14H,4-7H2,1-2H3/i1D3,2D3. The van der Waals surface area contributed by atoms with Gasteiger partial charge < -0.3 is 10.6 Å². The van der Waals surface area contributed by atoms with Gasteiger partial charge in [0.1, 0.15) is 0 Å². The number of hydrogen-bond donors (Lipinski definition) is 2. The summed E-state index contributed by atoms with van der Waals surface area (Å²) in [5.74, 6) is 1.05. The lowest BCUT2D eigenvalue weighted by Gasteiger charge is -2.29. The first-order chi connectivity index (χ1) is 10.1. The minimum Gasteiger partial charge on any atom is -0.355 e. The molecule has 0 radical (unpaired) electrons. The smallest absolute Gasteiger partial charge is 0.176 e. The van der Waals surface area contributed by atoms with Gasteiger partial charge in [-0.15, -0.1) is 0 Å². The number of nitrogens with one attached hydrogen (secondary N) is 2.